The van der Waals surface area contributed by atoms with Gasteiger partial charge in [-0.05, 0) is 31.1 Å². The van der Waals surface area contributed by atoms with E-state index in [1.165, 1.54) is 12.8 Å². The molecule has 0 amide bonds. The van der Waals surface area contributed by atoms with E-state index in [0.717, 1.165) is 6.42 Å². The van der Waals surface area contributed by atoms with E-state index in [1.54, 1.807) is 0 Å². The van der Waals surface area contributed by atoms with E-state index in [9.17, 15) is 0 Å². The molecule has 68 valence electrons. The van der Waals surface area contributed by atoms with Gasteiger partial charge in [0.05, 0.1) is 0 Å². The Hall–Kier alpha value is -0.780. The first kappa shape index (κ1) is 11.2. The summed E-state index contributed by atoms with van der Waals surface area (Å²) in [5.41, 5.74) is 0. The molecule has 2 atom stereocenters. The highest BCUT2D eigenvalue weighted by atomic mass is 14.1. The zero-order valence-electron chi connectivity index (χ0n) is 8.13. The van der Waals surface area contributed by atoms with E-state index >= 15 is 0 Å². The molecule has 0 aliphatic heterocycles. The third-order valence-corrected chi connectivity index (χ3v) is 2.15. The molecule has 0 N–H and O–H groups in total. The van der Waals surface area contributed by atoms with Crippen molar-refractivity contribution in [2.24, 2.45) is 11.8 Å². The Morgan fingerprint density at radius 2 is 1.83 bits per heavy atom. The highest BCUT2D eigenvalue weighted by molar-refractivity contribution is 4.86. The van der Waals surface area contributed by atoms with Crippen LogP contribution in [0.2, 0.25) is 0 Å². The smallest absolute Gasteiger partial charge is 0.0228 e. The quantitative estimate of drug-likeness (QED) is 0.499. The first-order valence-electron chi connectivity index (χ1n) is 4.60. The minimum Gasteiger partial charge on any atom is -0.103 e. The Morgan fingerprint density at radius 1 is 1.17 bits per heavy atom. The van der Waals surface area contributed by atoms with E-state index in [4.69, 9.17) is 0 Å². The van der Waals surface area contributed by atoms with Gasteiger partial charge in [0.2, 0.25) is 0 Å². The largest absolute Gasteiger partial charge is 0.103 e. The van der Waals surface area contributed by atoms with Crippen molar-refractivity contribution >= 4 is 0 Å². The van der Waals surface area contributed by atoms with E-state index in [1.807, 2.05) is 18.2 Å². The van der Waals surface area contributed by atoms with Gasteiger partial charge in [0.25, 0.3) is 0 Å². The minimum atomic E-state index is 0.595. The summed E-state index contributed by atoms with van der Waals surface area (Å²) >= 11 is 0. The molecule has 0 aromatic rings. The molecule has 0 nitrogen and oxygen atoms in total. The first-order valence-corrected chi connectivity index (χ1v) is 4.60. The molecule has 0 radical (unpaired) electrons. The topological polar surface area (TPSA) is 0 Å². The fourth-order valence-electron chi connectivity index (χ4n) is 1.24. The molecule has 0 saturated carbocycles. The lowest BCUT2D eigenvalue weighted by Gasteiger charge is -2.13. The van der Waals surface area contributed by atoms with Gasteiger partial charge >= 0.3 is 0 Å². The Kier molecular flexibility index (Phi) is 6.45. The minimum absolute atomic E-state index is 0.595. The van der Waals surface area contributed by atoms with Crippen LogP contribution in [0.1, 0.15) is 26.2 Å². The van der Waals surface area contributed by atoms with Gasteiger partial charge in [0.15, 0.2) is 0 Å². The molecule has 0 spiro atoms. The molecule has 0 aliphatic rings. The summed E-state index contributed by atoms with van der Waals surface area (Å²) in [5.74, 6) is 1.22. The second-order valence-corrected chi connectivity index (χ2v) is 3.31. The van der Waals surface area contributed by atoms with Crippen molar-refractivity contribution in [3.05, 3.63) is 38.0 Å². The molecule has 0 aliphatic carbocycles. The van der Waals surface area contributed by atoms with Crippen LogP contribution in [0, 0.1) is 11.8 Å². The highest BCUT2D eigenvalue weighted by Crippen LogP contribution is 2.18. The van der Waals surface area contributed by atoms with Gasteiger partial charge in [-0.15, -0.1) is 19.7 Å². The summed E-state index contributed by atoms with van der Waals surface area (Å²) in [5, 5.41) is 0. The van der Waals surface area contributed by atoms with Gasteiger partial charge in [0, 0.05) is 0 Å². The van der Waals surface area contributed by atoms with Crippen LogP contribution in [0.3, 0.4) is 0 Å². The third kappa shape index (κ3) is 4.95. The fraction of sp³-hybridized carbons (Fsp3) is 0.500. The maximum absolute atomic E-state index is 3.83. The zero-order valence-corrected chi connectivity index (χ0v) is 8.13. The summed E-state index contributed by atoms with van der Waals surface area (Å²) in [7, 11) is 0. The van der Waals surface area contributed by atoms with Crippen molar-refractivity contribution in [1.29, 1.82) is 0 Å². The van der Waals surface area contributed by atoms with E-state index in [2.05, 4.69) is 26.7 Å². The molecule has 0 rings (SSSR count). The molecule has 0 saturated heterocycles. The first-order chi connectivity index (χ1) is 5.74. The molecule has 0 bridgehead atoms. The van der Waals surface area contributed by atoms with Gasteiger partial charge < -0.3 is 0 Å². The van der Waals surface area contributed by atoms with Crippen LogP contribution in [0.4, 0.5) is 0 Å². The van der Waals surface area contributed by atoms with Gasteiger partial charge in [0.1, 0.15) is 0 Å². The standard InChI is InChI=1S/C12H20/c1-5-8-9-12(7-3)10-11(4)6-2/h5-7,11-12H,1-3,8-10H2,4H3. The van der Waals surface area contributed by atoms with Crippen molar-refractivity contribution in [2.45, 2.75) is 26.2 Å². The summed E-state index contributed by atoms with van der Waals surface area (Å²) in [6, 6.07) is 0. The lowest BCUT2D eigenvalue weighted by molar-refractivity contribution is 0.484. The average molecular weight is 164 g/mol. The second-order valence-electron chi connectivity index (χ2n) is 3.31. The van der Waals surface area contributed by atoms with Crippen molar-refractivity contribution < 1.29 is 0 Å². The molecule has 12 heavy (non-hydrogen) atoms. The maximum Gasteiger partial charge on any atom is -0.0228 e. The summed E-state index contributed by atoms with van der Waals surface area (Å²) in [6.07, 6.45) is 9.44. The van der Waals surface area contributed by atoms with Crippen LogP contribution in [0.25, 0.3) is 0 Å². The Morgan fingerprint density at radius 3 is 2.25 bits per heavy atom. The molecular formula is C12H20. The monoisotopic (exact) mass is 164 g/mol. The molecule has 0 heteroatoms. The second kappa shape index (κ2) is 6.90. The van der Waals surface area contributed by atoms with Gasteiger partial charge in [-0.2, -0.15) is 0 Å². The third-order valence-electron chi connectivity index (χ3n) is 2.15. The Bertz CT molecular complexity index is 144. The van der Waals surface area contributed by atoms with Crippen LogP contribution >= 0.6 is 0 Å². The molecular weight excluding hydrogens is 144 g/mol. The predicted octanol–water partition coefficient (Wildman–Crippen LogP) is 3.97. The van der Waals surface area contributed by atoms with Crippen LogP contribution in [-0.4, -0.2) is 0 Å². The summed E-state index contributed by atoms with van der Waals surface area (Å²) in [4.78, 5) is 0. The van der Waals surface area contributed by atoms with Crippen molar-refractivity contribution in [3.8, 4) is 0 Å². The van der Waals surface area contributed by atoms with Gasteiger partial charge in [-0.1, -0.05) is 25.2 Å². The molecule has 2 unspecified atom stereocenters. The Labute approximate surface area is 76.7 Å². The lowest BCUT2D eigenvalue weighted by Crippen LogP contribution is -2.01. The van der Waals surface area contributed by atoms with Gasteiger partial charge in [-0.3, -0.25) is 0 Å². The fourth-order valence-corrected chi connectivity index (χ4v) is 1.24. The summed E-state index contributed by atoms with van der Waals surface area (Å²) in [6.45, 7) is 13.5. The average Bonchev–Trinajstić information content (AvgIpc) is 2.11. The van der Waals surface area contributed by atoms with E-state index in [-0.39, 0.29) is 0 Å². The molecule has 0 heterocycles. The lowest BCUT2D eigenvalue weighted by atomic mass is 9.92. The van der Waals surface area contributed by atoms with E-state index < -0.39 is 0 Å². The highest BCUT2D eigenvalue weighted by Gasteiger charge is 2.06. The van der Waals surface area contributed by atoms with E-state index in [0.29, 0.717) is 11.8 Å². The zero-order chi connectivity index (χ0) is 9.40. The van der Waals surface area contributed by atoms with Crippen molar-refractivity contribution in [1.82, 2.24) is 0 Å². The summed E-state index contributed by atoms with van der Waals surface area (Å²) < 4.78 is 0. The Balaban J connectivity index is 3.73. The SMILES string of the molecule is C=CCCC(C=C)CC(C)C=C. The van der Waals surface area contributed by atoms with Crippen LogP contribution in [0.5, 0.6) is 0 Å². The number of hydrogen-bond donors (Lipinski definition) is 0. The predicted molar refractivity (Wildman–Crippen MR) is 57.1 cm³/mol. The molecule has 0 aromatic carbocycles. The normalized spacial score (nSPS) is 14.8. The van der Waals surface area contributed by atoms with Crippen LogP contribution in [-0.2, 0) is 0 Å². The van der Waals surface area contributed by atoms with Crippen LogP contribution in [0.15, 0.2) is 38.0 Å². The van der Waals surface area contributed by atoms with Crippen molar-refractivity contribution in [2.75, 3.05) is 0 Å². The van der Waals surface area contributed by atoms with Crippen LogP contribution < -0.4 is 0 Å². The number of rotatable bonds is 7. The molecule has 0 aromatic heterocycles. The van der Waals surface area contributed by atoms with Crippen molar-refractivity contribution in [3.63, 3.8) is 0 Å². The molecule has 0 fully saturated rings. The number of hydrogen-bond acceptors (Lipinski definition) is 0. The maximum atomic E-state index is 3.83. The number of allylic oxidation sites excluding steroid dienone is 3. The van der Waals surface area contributed by atoms with Gasteiger partial charge in [-0.25, -0.2) is 0 Å².